The second-order valence-electron chi connectivity index (χ2n) is 2.39. The minimum Gasteiger partial charge on any atom is -0.349 e. The number of thiazole rings is 1. The third-order valence-corrected chi connectivity index (χ3v) is 5.51. The maximum absolute atomic E-state index is 5.79. The quantitative estimate of drug-likeness (QED) is 0.768. The Hall–Kier alpha value is 0.440. The van der Waals surface area contributed by atoms with Crippen LogP contribution in [0.15, 0.2) is 6.20 Å². The maximum Gasteiger partial charge on any atom is 0.185 e. The fraction of sp³-hybridized carbons (Fsp3) is 0.571. The van der Waals surface area contributed by atoms with Crippen molar-refractivity contribution < 1.29 is 0 Å². The van der Waals surface area contributed by atoms with Gasteiger partial charge in [0, 0.05) is 13.1 Å². The van der Waals surface area contributed by atoms with Crippen LogP contribution in [0.1, 0.15) is 13.8 Å². The van der Waals surface area contributed by atoms with Crippen LogP contribution < -0.4 is 9.52 Å². The Labute approximate surface area is 93.2 Å². The van der Waals surface area contributed by atoms with E-state index in [4.69, 9.17) is 22.5 Å². The summed E-state index contributed by atoms with van der Waals surface area (Å²) in [4.78, 5) is 6.45. The zero-order valence-corrected chi connectivity index (χ0v) is 10.7. The van der Waals surface area contributed by atoms with Gasteiger partial charge in [-0.15, -0.1) is 0 Å². The molecule has 0 aliphatic heterocycles. The SMILES string of the molecule is CCN(CC)c1ncc(P(Cl)Cl)s1. The number of aromatic nitrogens is 1. The molecule has 13 heavy (non-hydrogen) atoms. The molecule has 0 saturated heterocycles. The van der Waals surface area contributed by atoms with Crippen LogP contribution in [0.2, 0.25) is 0 Å². The summed E-state index contributed by atoms with van der Waals surface area (Å²) in [5, 5.41) is 1.01. The van der Waals surface area contributed by atoms with Crippen molar-refractivity contribution in [3.05, 3.63) is 6.20 Å². The Morgan fingerprint density at radius 2 is 2.08 bits per heavy atom. The number of hydrogen-bond donors (Lipinski definition) is 0. The fourth-order valence-electron chi connectivity index (χ4n) is 0.975. The van der Waals surface area contributed by atoms with E-state index >= 15 is 0 Å². The number of anilines is 1. The van der Waals surface area contributed by atoms with Gasteiger partial charge in [0.2, 0.25) is 0 Å². The van der Waals surface area contributed by atoms with E-state index in [1.807, 2.05) is 0 Å². The van der Waals surface area contributed by atoms with Gasteiger partial charge in [-0.1, -0.05) is 33.8 Å². The second-order valence-corrected chi connectivity index (χ2v) is 7.19. The van der Waals surface area contributed by atoms with E-state index in [2.05, 4.69) is 23.7 Å². The smallest absolute Gasteiger partial charge is 0.185 e. The van der Waals surface area contributed by atoms with E-state index in [1.165, 1.54) is 0 Å². The lowest BCUT2D eigenvalue weighted by Gasteiger charge is -2.16. The summed E-state index contributed by atoms with van der Waals surface area (Å²) in [6.07, 6.45) is 1.77. The molecule has 74 valence electrons. The first-order valence-electron chi connectivity index (χ1n) is 4.01. The van der Waals surface area contributed by atoms with Crippen LogP contribution in [-0.4, -0.2) is 18.1 Å². The van der Waals surface area contributed by atoms with E-state index in [0.29, 0.717) is 0 Å². The molecule has 1 aromatic heterocycles. The molecular weight excluding hydrogens is 246 g/mol. The van der Waals surface area contributed by atoms with Crippen LogP contribution in [0.25, 0.3) is 0 Å². The first-order chi connectivity index (χ1) is 6.19. The molecule has 1 heterocycles. The highest BCUT2D eigenvalue weighted by molar-refractivity contribution is 8.11. The van der Waals surface area contributed by atoms with Gasteiger partial charge < -0.3 is 4.90 Å². The Balaban J connectivity index is 2.78. The van der Waals surface area contributed by atoms with Gasteiger partial charge >= 0.3 is 0 Å². The highest BCUT2D eigenvalue weighted by atomic mass is 35.9. The number of rotatable bonds is 4. The minimum atomic E-state index is -1.04. The van der Waals surface area contributed by atoms with Crippen molar-refractivity contribution in [3.8, 4) is 0 Å². The van der Waals surface area contributed by atoms with Gasteiger partial charge in [0.05, 0.1) is 10.8 Å². The number of hydrogen-bond acceptors (Lipinski definition) is 3. The average molecular weight is 257 g/mol. The lowest BCUT2D eigenvalue weighted by molar-refractivity contribution is 0.860. The Morgan fingerprint density at radius 1 is 1.46 bits per heavy atom. The largest absolute Gasteiger partial charge is 0.349 e. The van der Waals surface area contributed by atoms with Crippen LogP contribution >= 0.6 is 40.4 Å². The molecule has 0 fully saturated rings. The van der Waals surface area contributed by atoms with E-state index in [-0.39, 0.29) is 0 Å². The summed E-state index contributed by atoms with van der Waals surface area (Å²) in [5.41, 5.74) is 0. The maximum atomic E-state index is 5.79. The van der Waals surface area contributed by atoms with E-state index in [0.717, 1.165) is 22.8 Å². The van der Waals surface area contributed by atoms with Gasteiger partial charge in [0.1, 0.15) is 6.63 Å². The Bertz CT molecular complexity index is 263. The van der Waals surface area contributed by atoms with Crippen LogP contribution in [0.5, 0.6) is 0 Å². The summed E-state index contributed by atoms with van der Waals surface area (Å²) in [5.74, 6) is 0. The number of nitrogens with zero attached hydrogens (tertiary/aromatic N) is 2. The standard InChI is InChI=1S/C7H11Cl2N2PS/c1-3-11(4-2)7-10-5-6(13-7)12(8)9/h5H,3-4H2,1-2H3. The van der Waals surface area contributed by atoms with Crippen LogP contribution in [0, 0.1) is 0 Å². The fourth-order valence-corrected chi connectivity index (χ4v) is 3.31. The third kappa shape index (κ3) is 2.95. The van der Waals surface area contributed by atoms with Crippen molar-refractivity contribution in [2.24, 2.45) is 0 Å². The summed E-state index contributed by atoms with van der Waals surface area (Å²) in [7, 11) is 0. The first kappa shape index (κ1) is 11.5. The van der Waals surface area contributed by atoms with Crippen LogP contribution in [0.3, 0.4) is 0 Å². The monoisotopic (exact) mass is 256 g/mol. The highest BCUT2D eigenvalue weighted by Gasteiger charge is 2.11. The molecule has 0 saturated carbocycles. The molecule has 0 N–H and O–H groups in total. The van der Waals surface area contributed by atoms with Crippen molar-refractivity contribution in [3.63, 3.8) is 0 Å². The summed E-state index contributed by atoms with van der Waals surface area (Å²) < 4.78 is 0.972. The molecule has 0 spiro atoms. The molecule has 0 aliphatic rings. The van der Waals surface area contributed by atoms with Crippen molar-refractivity contribution in [1.82, 2.24) is 4.98 Å². The van der Waals surface area contributed by atoms with Gasteiger partial charge in [-0.05, 0) is 13.8 Å². The molecule has 1 aromatic rings. The lowest BCUT2D eigenvalue weighted by Crippen LogP contribution is -2.21. The third-order valence-electron chi connectivity index (χ3n) is 1.68. The molecule has 2 nitrogen and oxygen atoms in total. The highest BCUT2D eigenvalue weighted by Crippen LogP contribution is 2.47. The van der Waals surface area contributed by atoms with Crippen molar-refractivity contribution in [1.29, 1.82) is 0 Å². The molecule has 0 amide bonds. The lowest BCUT2D eigenvalue weighted by atomic mass is 10.6. The molecule has 0 aromatic carbocycles. The predicted octanol–water partition coefficient (Wildman–Crippen LogP) is 3.40. The average Bonchev–Trinajstić information content (AvgIpc) is 2.56. The summed E-state index contributed by atoms with van der Waals surface area (Å²) >= 11 is 13.2. The van der Waals surface area contributed by atoms with Crippen molar-refractivity contribution in [2.45, 2.75) is 13.8 Å². The van der Waals surface area contributed by atoms with E-state index < -0.39 is 6.63 Å². The van der Waals surface area contributed by atoms with Gasteiger partial charge in [-0.25, -0.2) is 4.98 Å². The zero-order valence-electron chi connectivity index (χ0n) is 7.50. The summed E-state index contributed by atoms with van der Waals surface area (Å²) in [6, 6.07) is 0. The summed E-state index contributed by atoms with van der Waals surface area (Å²) in [6.45, 7) is 5.10. The van der Waals surface area contributed by atoms with Gasteiger partial charge in [0.25, 0.3) is 0 Å². The Kier molecular flexibility index (Phi) is 4.74. The molecule has 0 aliphatic carbocycles. The molecule has 6 heteroatoms. The number of halogens is 2. The molecule has 1 rings (SSSR count). The molecular formula is C7H11Cl2N2PS. The zero-order chi connectivity index (χ0) is 9.84. The predicted molar refractivity (Wildman–Crippen MR) is 63.9 cm³/mol. The van der Waals surface area contributed by atoms with Crippen LogP contribution in [-0.2, 0) is 0 Å². The van der Waals surface area contributed by atoms with Gasteiger partial charge in [0.15, 0.2) is 5.13 Å². The van der Waals surface area contributed by atoms with Gasteiger partial charge in [-0.2, -0.15) is 0 Å². The molecule has 0 bridgehead atoms. The minimum absolute atomic E-state index is 0.964. The van der Waals surface area contributed by atoms with Crippen molar-refractivity contribution in [2.75, 3.05) is 18.0 Å². The topological polar surface area (TPSA) is 16.1 Å². The molecule has 0 unspecified atom stereocenters. The van der Waals surface area contributed by atoms with Crippen molar-refractivity contribution >= 4 is 50.2 Å². The molecule has 0 atom stereocenters. The van der Waals surface area contributed by atoms with E-state index in [1.54, 1.807) is 17.5 Å². The first-order valence-corrected chi connectivity index (χ1v) is 7.98. The van der Waals surface area contributed by atoms with Crippen LogP contribution in [0.4, 0.5) is 5.13 Å². The van der Waals surface area contributed by atoms with E-state index in [9.17, 15) is 0 Å². The second kappa shape index (κ2) is 5.35. The Morgan fingerprint density at radius 3 is 2.46 bits per heavy atom. The normalized spacial score (nSPS) is 10.8. The molecule has 0 radical (unpaired) electrons. The van der Waals surface area contributed by atoms with Gasteiger partial charge in [-0.3, -0.25) is 0 Å².